The van der Waals surface area contributed by atoms with Gasteiger partial charge < -0.3 is 15.3 Å². The molecule has 1 fully saturated rings. The van der Waals surface area contributed by atoms with Crippen LogP contribution < -0.4 is 5.32 Å². The first-order valence-corrected chi connectivity index (χ1v) is 6.22. The molecule has 2 unspecified atom stereocenters. The molecule has 2 heterocycles. The van der Waals surface area contributed by atoms with Crippen molar-refractivity contribution < 1.29 is 14.7 Å². The smallest absolute Gasteiger partial charge is 0.305 e. The van der Waals surface area contributed by atoms with Gasteiger partial charge in [0.15, 0.2) is 0 Å². The Morgan fingerprint density at radius 2 is 2.42 bits per heavy atom. The number of pyridine rings is 1. The zero-order valence-corrected chi connectivity index (χ0v) is 10.7. The Balaban J connectivity index is 2.07. The number of hydrogen-bond acceptors (Lipinski definition) is 4. The molecule has 1 aliphatic heterocycles. The van der Waals surface area contributed by atoms with Crippen molar-refractivity contribution in [2.45, 2.75) is 32.0 Å². The van der Waals surface area contributed by atoms with Gasteiger partial charge in [-0.05, 0) is 18.6 Å². The number of carbonyl (C=O) groups is 2. The Morgan fingerprint density at radius 3 is 3.05 bits per heavy atom. The standard InChI is InChI=1S/C13H17N3O3/c1-9-7-16(8-10-3-2-4-14-6-10)13(19)11(15-9)5-12(17)18/h2-4,6,9,11,15H,5,7-8H2,1H3,(H,17,18). The van der Waals surface area contributed by atoms with Gasteiger partial charge in [-0.1, -0.05) is 6.07 Å². The van der Waals surface area contributed by atoms with Gasteiger partial charge in [-0.2, -0.15) is 0 Å². The normalized spacial score (nSPS) is 23.4. The van der Waals surface area contributed by atoms with Gasteiger partial charge in [0.25, 0.3) is 0 Å². The molecule has 0 radical (unpaired) electrons. The largest absolute Gasteiger partial charge is 0.481 e. The molecule has 6 heteroatoms. The summed E-state index contributed by atoms with van der Waals surface area (Å²) in [7, 11) is 0. The monoisotopic (exact) mass is 263 g/mol. The van der Waals surface area contributed by atoms with Crippen molar-refractivity contribution in [1.82, 2.24) is 15.2 Å². The fourth-order valence-corrected chi connectivity index (χ4v) is 2.28. The Morgan fingerprint density at radius 1 is 1.63 bits per heavy atom. The summed E-state index contributed by atoms with van der Waals surface area (Å²) in [6, 6.07) is 3.16. The Labute approximate surface area is 111 Å². The zero-order chi connectivity index (χ0) is 13.8. The maximum absolute atomic E-state index is 12.2. The second kappa shape index (κ2) is 5.79. The van der Waals surface area contributed by atoms with Gasteiger partial charge in [0.1, 0.15) is 0 Å². The van der Waals surface area contributed by atoms with Gasteiger partial charge in [-0.15, -0.1) is 0 Å². The van der Waals surface area contributed by atoms with E-state index in [0.29, 0.717) is 13.1 Å². The number of nitrogens with one attached hydrogen (secondary N) is 1. The lowest BCUT2D eigenvalue weighted by Crippen LogP contribution is -2.59. The molecule has 1 aliphatic rings. The van der Waals surface area contributed by atoms with Crippen LogP contribution in [0.3, 0.4) is 0 Å². The number of amides is 1. The highest BCUT2D eigenvalue weighted by molar-refractivity contribution is 5.87. The molecule has 0 bridgehead atoms. The molecule has 1 saturated heterocycles. The van der Waals surface area contributed by atoms with Gasteiger partial charge in [-0.25, -0.2) is 0 Å². The van der Waals surface area contributed by atoms with E-state index in [-0.39, 0.29) is 18.4 Å². The van der Waals surface area contributed by atoms with Crippen molar-refractivity contribution in [3.05, 3.63) is 30.1 Å². The Bertz CT molecular complexity index is 463. The second-order valence-corrected chi connectivity index (χ2v) is 4.80. The molecule has 102 valence electrons. The van der Waals surface area contributed by atoms with Gasteiger partial charge >= 0.3 is 5.97 Å². The molecular formula is C13H17N3O3. The molecule has 0 aliphatic carbocycles. The van der Waals surface area contributed by atoms with Crippen molar-refractivity contribution in [1.29, 1.82) is 0 Å². The number of carboxylic acid groups (broad SMARTS) is 1. The van der Waals surface area contributed by atoms with Gasteiger partial charge in [0.05, 0.1) is 12.5 Å². The highest BCUT2D eigenvalue weighted by atomic mass is 16.4. The maximum atomic E-state index is 12.2. The van der Waals surface area contributed by atoms with Crippen molar-refractivity contribution >= 4 is 11.9 Å². The van der Waals surface area contributed by atoms with Crippen LogP contribution >= 0.6 is 0 Å². The summed E-state index contributed by atoms with van der Waals surface area (Å²) in [6.07, 6.45) is 3.21. The zero-order valence-electron chi connectivity index (χ0n) is 10.7. The lowest BCUT2D eigenvalue weighted by Gasteiger charge is -2.36. The summed E-state index contributed by atoms with van der Waals surface area (Å²) < 4.78 is 0. The first kappa shape index (κ1) is 13.5. The number of aliphatic carboxylic acids is 1. The number of nitrogens with zero attached hydrogens (tertiary/aromatic N) is 2. The maximum Gasteiger partial charge on any atom is 0.305 e. The molecule has 0 aromatic carbocycles. The lowest BCUT2D eigenvalue weighted by atomic mass is 10.1. The van der Waals surface area contributed by atoms with Crippen LogP contribution in [0.25, 0.3) is 0 Å². The summed E-state index contributed by atoms with van der Waals surface area (Å²) in [5.41, 5.74) is 0.944. The Hall–Kier alpha value is -1.95. The first-order valence-electron chi connectivity index (χ1n) is 6.22. The van der Waals surface area contributed by atoms with Crippen LogP contribution in [0, 0.1) is 0 Å². The highest BCUT2D eigenvalue weighted by Gasteiger charge is 2.33. The average Bonchev–Trinajstić information content (AvgIpc) is 2.35. The van der Waals surface area contributed by atoms with Gasteiger partial charge in [0.2, 0.25) is 5.91 Å². The van der Waals surface area contributed by atoms with Crippen LogP contribution in [0.15, 0.2) is 24.5 Å². The van der Waals surface area contributed by atoms with E-state index in [0.717, 1.165) is 5.56 Å². The lowest BCUT2D eigenvalue weighted by molar-refractivity contribution is -0.145. The number of hydrogen-bond donors (Lipinski definition) is 2. The van der Waals surface area contributed by atoms with E-state index in [9.17, 15) is 9.59 Å². The van der Waals surface area contributed by atoms with Crippen LogP contribution in [0.1, 0.15) is 18.9 Å². The third-order valence-electron chi connectivity index (χ3n) is 3.06. The van der Waals surface area contributed by atoms with E-state index in [1.807, 2.05) is 19.1 Å². The molecule has 2 rings (SSSR count). The number of rotatable bonds is 4. The van der Waals surface area contributed by atoms with Gasteiger partial charge in [-0.3, -0.25) is 14.6 Å². The van der Waals surface area contributed by atoms with Crippen molar-refractivity contribution in [2.24, 2.45) is 0 Å². The molecule has 1 aromatic rings. The predicted octanol–water partition coefficient (Wildman–Crippen LogP) is 0.245. The molecule has 19 heavy (non-hydrogen) atoms. The predicted molar refractivity (Wildman–Crippen MR) is 68.3 cm³/mol. The number of carbonyl (C=O) groups excluding carboxylic acids is 1. The molecule has 2 atom stereocenters. The van der Waals surface area contributed by atoms with Crippen molar-refractivity contribution in [2.75, 3.05) is 6.54 Å². The first-order chi connectivity index (χ1) is 9.06. The number of carboxylic acids is 1. The topological polar surface area (TPSA) is 82.5 Å². The summed E-state index contributed by atoms with van der Waals surface area (Å²) in [5.74, 6) is -1.13. The molecule has 0 spiro atoms. The van der Waals surface area contributed by atoms with Crippen molar-refractivity contribution in [3.8, 4) is 0 Å². The minimum atomic E-state index is -0.971. The molecule has 1 aromatic heterocycles. The fraction of sp³-hybridized carbons (Fsp3) is 0.462. The minimum Gasteiger partial charge on any atom is -0.481 e. The SMILES string of the molecule is CC1CN(Cc2cccnc2)C(=O)C(CC(=O)O)N1. The van der Waals surface area contributed by atoms with Gasteiger partial charge in [0, 0.05) is 31.5 Å². The number of aromatic nitrogens is 1. The van der Waals surface area contributed by atoms with E-state index in [4.69, 9.17) is 5.11 Å². The minimum absolute atomic E-state index is 0.0821. The third kappa shape index (κ3) is 3.51. The average molecular weight is 263 g/mol. The summed E-state index contributed by atoms with van der Waals surface area (Å²) in [5, 5.41) is 11.9. The van der Waals surface area contributed by atoms with E-state index >= 15 is 0 Å². The summed E-state index contributed by atoms with van der Waals surface area (Å²) in [6.45, 7) is 2.98. The highest BCUT2D eigenvalue weighted by Crippen LogP contribution is 2.12. The van der Waals surface area contributed by atoms with Crippen molar-refractivity contribution in [3.63, 3.8) is 0 Å². The van der Waals surface area contributed by atoms with E-state index < -0.39 is 12.0 Å². The van der Waals surface area contributed by atoms with Crippen LogP contribution in [-0.4, -0.2) is 45.5 Å². The van der Waals surface area contributed by atoms with E-state index in [1.54, 1.807) is 17.3 Å². The van der Waals surface area contributed by atoms with Crippen LogP contribution in [0.5, 0.6) is 0 Å². The van der Waals surface area contributed by atoms with Crippen LogP contribution in [0.2, 0.25) is 0 Å². The summed E-state index contributed by atoms with van der Waals surface area (Å²) >= 11 is 0. The quantitative estimate of drug-likeness (QED) is 0.813. The fourth-order valence-electron chi connectivity index (χ4n) is 2.28. The molecule has 1 amide bonds. The second-order valence-electron chi connectivity index (χ2n) is 4.80. The molecule has 0 saturated carbocycles. The van der Waals surface area contributed by atoms with E-state index in [2.05, 4.69) is 10.3 Å². The summed E-state index contributed by atoms with van der Waals surface area (Å²) in [4.78, 5) is 28.7. The van der Waals surface area contributed by atoms with Crippen LogP contribution in [0.4, 0.5) is 0 Å². The van der Waals surface area contributed by atoms with Crippen LogP contribution in [-0.2, 0) is 16.1 Å². The third-order valence-corrected chi connectivity index (χ3v) is 3.06. The Kier molecular flexibility index (Phi) is 4.11. The number of piperazine rings is 1. The molecular weight excluding hydrogens is 246 g/mol. The molecule has 6 nitrogen and oxygen atoms in total. The van der Waals surface area contributed by atoms with E-state index in [1.165, 1.54) is 0 Å². The molecule has 2 N–H and O–H groups in total.